The van der Waals surface area contributed by atoms with Gasteiger partial charge in [-0.05, 0) is 0 Å². The Hall–Kier alpha value is -2.02. The molecule has 0 radical (unpaired) electrons. The van der Waals surface area contributed by atoms with E-state index < -0.39 is 18.4 Å². The van der Waals surface area contributed by atoms with Crippen LogP contribution in [0.4, 0.5) is 11.4 Å². The van der Waals surface area contributed by atoms with Crippen molar-refractivity contribution in [2.24, 2.45) is 0 Å². The number of nitrogens with one attached hydrogen (secondary N) is 1. The summed E-state index contributed by atoms with van der Waals surface area (Å²) in [6.45, 7) is 7.90. The molecule has 190 valence electrons. The van der Waals surface area contributed by atoms with Gasteiger partial charge in [0, 0.05) is 19.8 Å². The van der Waals surface area contributed by atoms with E-state index in [-0.39, 0.29) is 0 Å². The minimum absolute atomic E-state index is 0.884. The molecule has 3 aromatic rings. The molecule has 3 rings (SSSR count). The first-order valence-corrected chi connectivity index (χ1v) is 21.3. The van der Waals surface area contributed by atoms with Gasteiger partial charge in [0.25, 0.3) is 0 Å². The molecule has 0 amide bonds. The molecule has 0 bridgehead atoms. The third-order valence-electron chi connectivity index (χ3n) is 6.96. The topological polar surface area (TPSA) is 46.0 Å². The number of aromatic nitrogens is 3. The SMILES string of the molecule is CCC[CH2][Sn]([CH]=CCNc1ccc2nn(-c3ccc(N(C)C)cc3)nc2c1)([CH2]CCC)[CH2]CCC. The number of benzene rings is 2. The fourth-order valence-electron chi connectivity index (χ4n) is 4.72. The number of anilines is 2. The van der Waals surface area contributed by atoms with Gasteiger partial charge >= 0.3 is 193 Å². The molecule has 1 heterocycles. The molecule has 0 aliphatic heterocycles. The van der Waals surface area contributed by atoms with Gasteiger partial charge in [0.05, 0.1) is 0 Å². The first-order chi connectivity index (χ1) is 17.0. The van der Waals surface area contributed by atoms with E-state index in [2.05, 4.69) is 88.7 Å². The molecule has 5 nitrogen and oxygen atoms in total. The predicted octanol–water partition coefficient (Wildman–Crippen LogP) is 7.84. The van der Waals surface area contributed by atoms with Crippen LogP contribution in [-0.4, -0.2) is 54.0 Å². The van der Waals surface area contributed by atoms with Crippen LogP contribution in [0.3, 0.4) is 0 Å². The number of hydrogen-bond donors (Lipinski definition) is 1. The molecular formula is C29H45N5Sn. The van der Waals surface area contributed by atoms with E-state index in [1.807, 2.05) is 14.1 Å². The first kappa shape index (κ1) is 27.6. The van der Waals surface area contributed by atoms with Gasteiger partial charge in [-0.1, -0.05) is 0 Å². The van der Waals surface area contributed by atoms with Crippen LogP contribution < -0.4 is 10.2 Å². The van der Waals surface area contributed by atoms with Crippen molar-refractivity contribution < 1.29 is 0 Å². The molecule has 0 spiro atoms. The molecule has 35 heavy (non-hydrogen) atoms. The summed E-state index contributed by atoms with van der Waals surface area (Å²) >= 11 is -2.20. The van der Waals surface area contributed by atoms with Crippen LogP contribution in [0.15, 0.2) is 52.6 Å². The van der Waals surface area contributed by atoms with E-state index >= 15 is 0 Å². The fraction of sp³-hybridized carbons (Fsp3) is 0.517. The minimum atomic E-state index is -2.20. The summed E-state index contributed by atoms with van der Waals surface area (Å²) in [6, 6.07) is 14.6. The van der Waals surface area contributed by atoms with Crippen LogP contribution in [0.1, 0.15) is 59.3 Å². The molecule has 1 N–H and O–H groups in total. The molecule has 0 aliphatic rings. The molecule has 0 fully saturated rings. The maximum atomic E-state index is 4.73. The van der Waals surface area contributed by atoms with Crippen LogP contribution in [0, 0.1) is 0 Å². The fourth-order valence-corrected chi connectivity index (χ4v) is 19.1. The quantitative estimate of drug-likeness (QED) is 0.186. The summed E-state index contributed by atoms with van der Waals surface area (Å²) in [5, 5.41) is 13.0. The summed E-state index contributed by atoms with van der Waals surface area (Å²) < 4.78 is 7.31. The van der Waals surface area contributed by atoms with Crippen molar-refractivity contribution in [2.45, 2.75) is 72.6 Å². The van der Waals surface area contributed by atoms with Crippen molar-refractivity contribution >= 4 is 40.8 Å². The standard InChI is InChI=1S/C17H18N5.3C4H9.Sn/c1-4-11-18-13-5-10-16-17(12-13)20-22(19-16)15-8-6-14(7-9-15)21(2)3;3*1-3-4-2;/h1,4-10,12,18H,11H2,2-3H3;3*1,3-4H2,2H3;. The van der Waals surface area contributed by atoms with Crippen molar-refractivity contribution in [3.05, 3.63) is 52.6 Å². The second-order valence-corrected chi connectivity index (χ2v) is 23.1. The average molecular weight is 582 g/mol. The second kappa shape index (κ2) is 13.9. The van der Waals surface area contributed by atoms with Gasteiger partial charge in [-0.25, -0.2) is 0 Å². The van der Waals surface area contributed by atoms with Gasteiger partial charge < -0.3 is 4.90 Å². The summed E-state index contributed by atoms with van der Waals surface area (Å²) in [5.74, 6) is 0. The van der Waals surface area contributed by atoms with Crippen LogP contribution in [0.2, 0.25) is 13.3 Å². The average Bonchev–Trinajstić information content (AvgIpc) is 3.31. The van der Waals surface area contributed by atoms with Crippen molar-refractivity contribution in [2.75, 3.05) is 30.9 Å². The summed E-state index contributed by atoms with van der Waals surface area (Å²) in [5.41, 5.74) is 5.07. The molecule has 0 unspecified atom stereocenters. The first-order valence-electron chi connectivity index (χ1n) is 13.6. The Morgan fingerprint density at radius 3 is 2.00 bits per heavy atom. The second-order valence-electron chi connectivity index (χ2n) is 10.1. The zero-order valence-corrected chi connectivity index (χ0v) is 25.4. The van der Waals surface area contributed by atoms with Gasteiger partial charge in [0.2, 0.25) is 0 Å². The number of unbranched alkanes of at least 4 members (excludes halogenated alkanes) is 3. The molecule has 0 aliphatic carbocycles. The van der Waals surface area contributed by atoms with Gasteiger partial charge in [-0.3, -0.25) is 0 Å². The van der Waals surface area contributed by atoms with Gasteiger partial charge in [0.1, 0.15) is 0 Å². The van der Waals surface area contributed by atoms with Crippen LogP contribution >= 0.6 is 0 Å². The maximum absolute atomic E-state index is 4.73. The Balaban J connectivity index is 1.68. The Kier molecular flexibility index (Phi) is 11.0. The third-order valence-corrected chi connectivity index (χ3v) is 21.2. The predicted molar refractivity (Wildman–Crippen MR) is 156 cm³/mol. The number of fused-ring (bicyclic) bond motifs is 1. The van der Waals surface area contributed by atoms with Gasteiger partial charge in [-0.2, -0.15) is 0 Å². The van der Waals surface area contributed by atoms with Crippen molar-refractivity contribution in [1.82, 2.24) is 15.0 Å². The van der Waals surface area contributed by atoms with E-state index in [9.17, 15) is 0 Å². The van der Waals surface area contributed by atoms with Crippen molar-refractivity contribution in [3.63, 3.8) is 0 Å². The van der Waals surface area contributed by atoms with Crippen LogP contribution in [-0.2, 0) is 0 Å². The summed E-state index contributed by atoms with van der Waals surface area (Å²) in [6.07, 6.45) is 10.6. The van der Waals surface area contributed by atoms with E-state index in [0.717, 1.165) is 34.6 Å². The van der Waals surface area contributed by atoms with Crippen molar-refractivity contribution in [3.8, 4) is 5.69 Å². The van der Waals surface area contributed by atoms with E-state index in [4.69, 9.17) is 5.10 Å². The van der Waals surface area contributed by atoms with Crippen molar-refractivity contribution in [1.29, 1.82) is 0 Å². The summed E-state index contributed by atoms with van der Waals surface area (Å²) in [4.78, 5) is 3.82. The van der Waals surface area contributed by atoms with Crippen LogP contribution in [0.25, 0.3) is 16.7 Å². The Labute approximate surface area is 216 Å². The van der Waals surface area contributed by atoms with Gasteiger partial charge in [0.15, 0.2) is 0 Å². The molecule has 0 saturated carbocycles. The number of hydrogen-bond acceptors (Lipinski definition) is 4. The molecule has 0 saturated heterocycles. The Bertz CT molecular complexity index is 1030. The monoisotopic (exact) mass is 583 g/mol. The molecule has 1 aromatic heterocycles. The molecule has 2 aromatic carbocycles. The molecule has 6 heteroatoms. The zero-order valence-electron chi connectivity index (χ0n) is 22.6. The van der Waals surface area contributed by atoms with Gasteiger partial charge in [-0.15, -0.1) is 0 Å². The van der Waals surface area contributed by atoms with E-state index in [1.54, 1.807) is 4.80 Å². The Morgan fingerprint density at radius 1 is 0.829 bits per heavy atom. The van der Waals surface area contributed by atoms with E-state index in [0.29, 0.717) is 0 Å². The van der Waals surface area contributed by atoms with E-state index in [1.165, 1.54) is 51.8 Å². The van der Waals surface area contributed by atoms with Crippen LogP contribution in [0.5, 0.6) is 0 Å². The molecular weight excluding hydrogens is 537 g/mol. The molecule has 0 atom stereocenters. The number of nitrogens with zero attached hydrogens (tertiary/aromatic N) is 4. The number of rotatable bonds is 15. The Morgan fingerprint density at radius 2 is 1.43 bits per heavy atom. The normalized spacial score (nSPS) is 12.0. The zero-order chi connectivity index (χ0) is 25.1. The third kappa shape index (κ3) is 7.99. The summed E-state index contributed by atoms with van der Waals surface area (Å²) in [7, 11) is 4.09.